The zero-order chi connectivity index (χ0) is 18.4. The second-order valence-corrected chi connectivity index (χ2v) is 6.81. The van der Waals surface area contributed by atoms with Gasteiger partial charge in [-0.2, -0.15) is 4.98 Å². The Morgan fingerprint density at radius 3 is 2.50 bits per heavy atom. The van der Waals surface area contributed by atoms with Crippen molar-refractivity contribution in [1.82, 2.24) is 9.97 Å². The third-order valence-electron chi connectivity index (χ3n) is 3.84. The Labute approximate surface area is 158 Å². The van der Waals surface area contributed by atoms with E-state index in [9.17, 15) is 0 Å². The maximum absolute atomic E-state index is 6.00. The number of aryl methyl sites for hydroxylation is 2. The number of ether oxygens (including phenoxy) is 2. The fraction of sp³-hybridized carbons (Fsp3) is 0.238. The van der Waals surface area contributed by atoms with Gasteiger partial charge in [0.25, 0.3) is 0 Å². The van der Waals surface area contributed by atoms with Crippen molar-refractivity contribution in [1.29, 1.82) is 0 Å². The second kappa shape index (κ2) is 8.72. The molecule has 0 spiro atoms. The summed E-state index contributed by atoms with van der Waals surface area (Å²) >= 11 is 1.61. The summed E-state index contributed by atoms with van der Waals surface area (Å²) in [6, 6.07) is 18.0. The summed E-state index contributed by atoms with van der Waals surface area (Å²) in [4.78, 5) is 9.17. The Balaban J connectivity index is 1.81. The van der Waals surface area contributed by atoms with Gasteiger partial charge >= 0.3 is 0 Å². The number of benzene rings is 2. The van der Waals surface area contributed by atoms with E-state index >= 15 is 0 Å². The molecule has 5 heteroatoms. The molecular formula is C21H22N2O2S. The lowest BCUT2D eigenvalue weighted by Crippen LogP contribution is -1.98. The maximum atomic E-state index is 6.00. The number of hydrogen-bond acceptors (Lipinski definition) is 5. The Bertz CT molecular complexity index is 869. The van der Waals surface area contributed by atoms with Gasteiger partial charge in [-0.15, -0.1) is 0 Å². The number of methoxy groups -OCH3 is 1. The second-order valence-electron chi connectivity index (χ2n) is 5.86. The lowest BCUT2D eigenvalue weighted by atomic mass is 10.2. The van der Waals surface area contributed by atoms with E-state index < -0.39 is 0 Å². The van der Waals surface area contributed by atoms with E-state index in [0.717, 1.165) is 23.4 Å². The van der Waals surface area contributed by atoms with Crippen LogP contribution in [0.15, 0.2) is 59.8 Å². The number of thioether (sulfide) groups is 1. The molecule has 0 fully saturated rings. The van der Waals surface area contributed by atoms with Gasteiger partial charge in [-0.1, -0.05) is 55.1 Å². The van der Waals surface area contributed by atoms with Crippen LogP contribution in [0.25, 0.3) is 0 Å². The minimum absolute atomic E-state index is 0.537. The molecule has 134 valence electrons. The van der Waals surface area contributed by atoms with Crippen LogP contribution in [0.3, 0.4) is 0 Å². The highest BCUT2D eigenvalue weighted by Crippen LogP contribution is 2.32. The molecule has 0 atom stereocenters. The van der Waals surface area contributed by atoms with Crippen molar-refractivity contribution in [2.24, 2.45) is 0 Å². The highest BCUT2D eigenvalue weighted by Gasteiger charge is 2.10. The first kappa shape index (κ1) is 18.3. The fourth-order valence-electron chi connectivity index (χ4n) is 2.44. The Morgan fingerprint density at radius 1 is 0.962 bits per heavy atom. The molecule has 0 aliphatic rings. The van der Waals surface area contributed by atoms with Crippen molar-refractivity contribution in [3.8, 4) is 17.4 Å². The Kier molecular flexibility index (Phi) is 6.12. The van der Waals surface area contributed by atoms with E-state index in [2.05, 4.69) is 29.0 Å². The van der Waals surface area contributed by atoms with E-state index in [1.165, 1.54) is 5.56 Å². The van der Waals surface area contributed by atoms with Crippen LogP contribution in [0.4, 0.5) is 0 Å². The highest BCUT2D eigenvalue weighted by molar-refractivity contribution is 7.98. The smallest absolute Gasteiger partial charge is 0.223 e. The van der Waals surface area contributed by atoms with E-state index in [1.807, 2.05) is 49.4 Å². The van der Waals surface area contributed by atoms with Crippen molar-refractivity contribution in [2.45, 2.75) is 31.2 Å². The molecule has 0 saturated heterocycles. The minimum atomic E-state index is 0.537. The lowest BCUT2D eigenvalue weighted by molar-refractivity contribution is 0.372. The third kappa shape index (κ3) is 4.76. The molecule has 0 aliphatic heterocycles. The van der Waals surface area contributed by atoms with Gasteiger partial charge in [0.1, 0.15) is 0 Å². The van der Waals surface area contributed by atoms with Gasteiger partial charge < -0.3 is 9.47 Å². The van der Waals surface area contributed by atoms with Crippen LogP contribution in [-0.2, 0) is 12.2 Å². The van der Waals surface area contributed by atoms with Crippen molar-refractivity contribution in [3.63, 3.8) is 0 Å². The van der Waals surface area contributed by atoms with Crippen LogP contribution in [0.1, 0.15) is 23.7 Å². The van der Waals surface area contributed by atoms with Gasteiger partial charge in [-0.3, -0.25) is 0 Å². The number of aromatic nitrogens is 2. The first-order chi connectivity index (χ1) is 12.7. The first-order valence-corrected chi connectivity index (χ1v) is 9.53. The van der Waals surface area contributed by atoms with E-state index in [-0.39, 0.29) is 0 Å². The largest absolute Gasteiger partial charge is 0.493 e. The number of nitrogens with zero attached hydrogens (tertiary/aromatic N) is 2. The lowest BCUT2D eigenvalue weighted by Gasteiger charge is -2.12. The van der Waals surface area contributed by atoms with Gasteiger partial charge in [0.2, 0.25) is 5.88 Å². The van der Waals surface area contributed by atoms with E-state index in [1.54, 1.807) is 18.9 Å². The summed E-state index contributed by atoms with van der Waals surface area (Å²) in [5, 5.41) is 0.717. The average molecular weight is 366 g/mol. The molecule has 1 aromatic heterocycles. The van der Waals surface area contributed by atoms with Gasteiger partial charge in [-0.05, 0) is 36.6 Å². The molecule has 1 heterocycles. The van der Waals surface area contributed by atoms with Crippen molar-refractivity contribution in [2.75, 3.05) is 7.11 Å². The van der Waals surface area contributed by atoms with Crippen LogP contribution < -0.4 is 9.47 Å². The van der Waals surface area contributed by atoms with E-state index in [4.69, 9.17) is 9.47 Å². The van der Waals surface area contributed by atoms with Gasteiger partial charge in [0.15, 0.2) is 16.7 Å². The molecule has 0 radical (unpaired) electrons. The zero-order valence-electron chi connectivity index (χ0n) is 15.2. The van der Waals surface area contributed by atoms with Crippen LogP contribution in [-0.4, -0.2) is 17.1 Å². The normalized spacial score (nSPS) is 10.6. The fourth-order valence-corrected chi connectivity index (χ4v) is 3.27. The molecule has 2 aromatic carbocycles. The standard InChI is InChI=1S/C21H22N2O2S/c1-4-17-13-20(25-18-11-10-15(2)12-19(18)24-3)23-21(22-17)26-14-16-8-6-5-7-9-16/h5-13H,4,14H2,1-3H3. The Morgan fingerprint density at radius 2 is 1.77 bits per heavy atom. The monoisotopic (exact) mass is 366 g/mol. The molecule has 0 aliphatic carbocycles. The van der Waals surface area contributed by atoms with Crippen LogP contribution in [0.2, 0.25) is 0 Å². The summed E-state index contributed by atoms with van der Waals surface area (Å²) in [5.74, 6) is 2.70. The summed E-state index contributed by atoms with van der Waals surface area (Å²) in [6.45, 7) is 4.09. The summed E-state index contributed by atoms with van der Waals surface area (Å²) in [5.41, 5.74) is 3.31. The van der Waals surface area contributed by atoms with Gasteiger partial charge in [0.05, 0.1) is 7.11 Å². The average Bonchev–Trinajstić information content (AvgIpc) is 2.68. The van der Waals surface area contributed by atoms with Crippen molar-refractivity contribution in [3.05, 3.63) is 71.4 Å². The quantitative estimate of drug-likeness (QED) is 0.411. The predicted octanol–water partition coefficient (Wildman–Crippen LogP) is 5.44. The Hall–Kier alpha value is -2.53. The van der Waals surface area contributed by atoms with Gasteiger partial charge in [0, 0.05) is 17.5 Å². The predicted molar refractivity (Wildman–Crippen MR) is 105 cm³/mol. The molecule has 3 aromatic rings. The molecular weight excluding hydrogens is 344 g/mol. The summed E-state index contributed by atoms with van der Waals surface area (Å²) in [7, 11) is 1.64. The molecule has 0 saturated carbocycles. The molecule has 0 unspecified atom stereocenters. The van der Waals surface area contributed by atoms with Crippen molar-refractivity contribution < 1.29 is 9.47 Å². The molecule has 4 nitrogen and oxygen atoms in total. The minimum Gasteiger partial charge on any atom is -0.493 e. The van der Waals surface area contributed by atoms with E-state index in [0.29, 0.717) is 22.5 Å². The molecule has 26 heavy (non-hydrogen) atoms. The topological polar surface area (TPSA) is 44.2 Å². The maximum Gasteiger partial charge on any atom is 0.223 e. The summed E-state index contributed by atoms with van der Waals surface area (Å²) < 4.78 is 11.4. The zero-order valence-corrected chi connectivity index (χ0v) is 16.0. The van der Waals surface area contributed by atoms with Gasteiger partial charge in [-0.25, -0.2) is 4.98 Å². The van der Waals surface area contributed by atoms with Crippen LogP contribution in [0.5, 0.6) is 17.4 Å². The molecule has 0 N–H and O–H groups in total. The van der Waals surface area contributed by atoms with Crippen molar-refractivity contribution >= 4 is 11.8 Å². The van der Waals surface area contributed by atoms with Crippen LogP contribution in [0, 0.1) is 6.92 Å². The number of rotatable bonds is 7. The highest BCUT2D eigenvalue weighted by atomic mass is 32.2. The number of hydrogen-bond donors (Lipinski definition) is 0. The molecule has 0 bridgehead atoms. The molecule has 3 rings (SSSR count). The summed E-state index contributed by atoms with van der Waals surface area (Å²) in [6.07, 6.45) is 0.822. The SMILES string of the molecule is CCc1cc(Oc2ccc(C)cc2OC)nc(SCc2ccccc2)n1. The molecule has 0 amide bonds. The van der Waals surface area contributed by atoms with Crippen LogP contribution >= 0.6 is 11.8 Å². The third-order valence-corrected chi connectivity index (χ3v) is 4.76. The first-order valence-electron chi connectivity index (χ1n) is 8.55.